The zero-order chi connectivity index (χ0) is 15.6. The number of benzene rings is 1. The van der Waals surface area contributed by atoms with Gasteiger partial charge in [-0.25, -0.2) is 13.6 Å². The summed E-state index contributed by atoms with van der Waals surface area (Å²) in [6, 6.07) is 3.88. The van der Waals surface area contributed by atoms with Crippen molar-refractivity contribution in [1.82, 2.24) is 5.32 Å². The van der Waals surface area contributed by atoms with Crippen molar-refractivity contribution in [2.75, 3.05) is 11.9 Å². The highest BCUT2D eigenvalue weighted by Gasteiger charge is 2.14. The van der Waals surface area contributed by atoms with Crippen LogP contribution in [0.3, 0.4) is 0 Å². The Morgan fingerprint density at radius 3 is 2.45 bits per heavy atom. The van der Waals surface area contributed by atoms with Crippen molar-refractivity contribution in [3.05, 3.63) is 23.2 Å². The highest BCUT2D eigenvalue weighted by molar-refractivity contribution is 7.89. The molecule has 0 unspecified atom stereocenters. The average Bonchev–Trinajstić information content (AvgIpc) is 2.27. The Kier molecular flexibility index (Phi) is 5.15. The number of nitrogens with one attached hydrogen (secondary N) is 2. The highest BCUT2D eigenvalue weighted by Crippen LogP contribution is 2.24. The Labute approximate surface area is 123 Å². The zero-order valence-corrected chi connectivity index (χ0v) is 13.1. The number of rotatable bonds is 4. The molecule has 0 saturated carbocycles. The molecule has 0 atom stereocenters. The number of anilines is 1. The van der Waals surface area contributed by atoms with Crippen molar-refractivity contribution in [3.63, 3.8) is 0 Å². The Balaban J connectivity index is 2.85. The second kappa shape index (κ2) is 6.09. The van der Waals surface area contributed by atoms with Gasteiger partial charge in [-0.2, -0.15) is 0 Å². The zero-order valence-electron chi connectivity index (χ0n) is 11.5. The summed E-state index contributed by atoms with van der Waals surface area (Å²) in [7, 11) is -3.84. The van der Waals surface area contributed by atoms with Crippen LogP contribution in [0.5, 0.6) is 0 Å². The number of primary sulfonamides is 1. The van der Waals surface area contributed by atoms with Gasteiger partial charge in [0.2, 0.25) is 15.9 Å². The van der Waals surface area contributed by atoms with E-state index in [0.717, 1.165) is 0 Å². The smallest absolute Gasteiger partial charge is 0.238 e. The number of hydrogen-bond donors (Lipinski definition) is 3. The molecule has 1 rings (SSSR count). The predicted octanol–water partition coefficient (Wildman–Crippen LogP) is 1.31. The molecule has 0 spiro atoms. The molecule has 6 nitrogen and oxygen atoms in total. The van der Waals surface area contributed by atoms with Gasteiger partial charge in [-0.15, -0.1) is 0 Å². The van der Waals surface area contributed by atoms with Crippen LogP contribution in [-0.4, -0.2) is 26.4 Å². The summed E-state index contributed by atoms with van der Waals surface area (Å²) >= 11 is 5.91. The van der Waals surface area contributed by atoms with Crippen LogP contribution >= 0.6 is 11.6 Å². The van der Waals surface area contributed by atoms with E-state index in [9.17, 15) is 13.2 Å². The molecule has 0 fully saturated rings. The molecule has 112 valence electrons. The largest absolute Gasteiger partial charge is 0.324 e. The van der Waals surface area contributed by atoms with Crippen LogP contribution in [0.4, 0.5) is 5.69 Å². The maximum atomic E-state index is 11.8. The van der Waals surface area contributed by atoms with E-state index in [1.807, 2.05) is 20.8 Å². The second-order valence-corrected chi connectivity index (χ2v) is 7.31. The monoisotopic (exact) mass is 319 g/mol. The minimum atomic E-state index is -3.84. The molecular formula is C12H18ClN3O3S. The summed E-state index contributed by atoms with van der Waals surface area (Å²) in [4.78, 5) is 11.6. The molecule has 8 heteroatoms. The fourth-order valence-corrected chi connectivity index (χ4v) is 2.02. The van der Waals surface area contributed by atoms with Gasteiger partial charge in [0, 0.05) is 5.54 Å². The summed E-state index contributed by atoms with van der Waals surface area (Å²) < 4.78 is 22.5. The van der Waals surface area contributed by atoms with Crippen molar-refractivity contribution in [2.24, 2.45) is 5.14 Å². The minimum Gasteiger partial charge on any atom is -0.324 e. The van der Waals surface area contributed by atoms with E-state index < -0.39 is 10.0 Å². The first-order chi connectivity index (χ1) is 8.99. The molecule has 0 aliphatic rings. The normalized spacial score (nSPS) is 12.2. The molecule has 1 aromatic rings. The van der Waals surface area contributed by atoms with Crippen LogP contribution in [0.15, 0.2) is 23.1 Å². The summed E-state index contributed by atoms with van der Waals surface area (Å²) in [5.41, 5.74) is 0.00253. The van der Waals surface area contributed by atoms with Gasteiger partial charge in [0.1, 0.15) is 0 Å². The van der Waals surface area contributed by atoms with E-state index in [1.165, 1.54) is 18.2 Å². The molecule has 0 aromatic heterocycles. The number of nitrogens with two attached hydrogens (primary N) is 1. The summed E-state index contributed by atoms with van der Waals surface area (Å²) in [5.74, 6) is -0.326. The molecule has 0 bridgehead atoms. The predicted molar refractivity (Wildman–Crippen MR) is 79.2 cm³/mol. The number of carbonyl (C=O) groups excluding carboxylic acids is 1. The maximum Gasteiger partial charge on any atom is 0.238 e. The molecular weight excluding hydrogens is 302 g/mol. The van der Waals surface area contributed by atoms with Crippen molar-refractivity contribution < 1.29 is 13.2 Å². The van der Waals surface area contributed by atoms with Crippen LogP contribution in [0.1, 0.15) is 20.8 Å². The van der Waals surface area contributed by atoms with Crippen molar-refractivity contribution in [3.8, 4) is 0 Å². The van der Waals surface area contributed by atoms with Gasteiger partial charge >= 0.3 is 0 Å². The Hall–Kier alpha value is -1.15. The molecule has 0 saturated heterocycles. The third kappa shape index (κ3) is 5.46. The lowest BCUT2D eigenvalue weighted by Crippen LogP contribution is -2.41. The van der Waals surface area contributed by atoms with Crippen molar-refractivity contribution in [1.29, 1.82) is 0 Å². The van der Waals surface area contributed by atoms with E-state index >= 15 is 0 Å². The van der Waals surface area contributed by atoms with Gasteiger partial charge in [-0.3, -0.25) is 4.79 Å². The lowest BCUT2D eigenvalue weighted by atomic mass is 10.1. The summed E-state index contributed by atoms with van der Waals surface area (Å²) in [5, 5.41) is 10.8. The van der Waals surface area contributed by atoms with E-state index in [0.29, 0.717) is 0 Å². The lowest BCUT2D eigenvalue weighted by molar-refractivity contribution is -0.115. The van der Waals surface area contributed by atoms with Crippen molar-refractivity contribution in [2.45, 2.75) is 31.2 Å². The van der Waals surface area contributed by atoms with Crippen LogP contribution < -0.4 is 15.8 Å². The molecule has 0 heterocycles. The molecule has 1 aromatic carbocycles. The third-order valence-corrected chi connectivity index (χ3v) is 3.56. The van der Waals surface area contributed by atoms with Gasteiger partial charge < -0.3 is 10.6 Å². The lowest BCUT2D eigenvalue weighted by Gasteiger charge is -2.20. The molecule has 0 aliphatic heterocycles. The Morgan fingerprint density at radius 1 is 1.35 bits per heavy atom. The summed E-state index contributed by atoms with van der Waals surface area (Å²) in [6.07, 6.45) is 0. The van der Waals surface area contributed by atoms with E-state index in [-0.39, 0.29) is 33.6 Å². The second-order valence-electron chi connectivity index (χ2n) is 5.34. The van der Waals surface area contributed by atoms with Gasteiger partial charge in [0.15, 0.2) is 0 Å². The highest BCUT2D eigenvalue weighted by atomic mass is 35.5. The molecule has 20 heavy (non-hydrogen) atoms. The SMILES string of the molecule is CC(C)(C)NCC(=O)Nc1cc(S(N)(=O)=O)ccc1Cl. The van der Waals surface area contributed by atoms with Gasteiger partial charge in [-0.05, 0) is 39.0 Å². The quantitative estimate of drug-likeness (QED) is 0.778. The molecule has 1 amide bonds. The number of sulfonamides is 1. The van der Waals surface area contributed by atoms with E-state index in [4.69, 9.17) is 16.7 Å². The Bertz CT molecular complexity index is 609. The standard InChI is InChI=1S/C12H18ClN3O3S/c1-12(2,3)15-7-11(17)16-10-6-8(20(14,18)19)4-5-9(10)13/h4-6,15H,7H2,1-3H3,(H,16,17)(H2,14,18,19). The fraction of sp³-hybridized carbons (Fsp3) is 0.417. The van der Waals surface area contributed by atoms with Crippen LogP contribution in [0.25, 0.3) is 0 Å². The van der Waals surface area contributed by atoms with Crippen LogP contribution in [-0.2, 0) is 14.8 Å². The number of halogens is 1. The topological polar surface area (TPSA) is 101 Å². The van der Waals surface area contributed by atoms with Gasteiger partial charge in [0.05, 0.1) is 22.2 Å². The van der Waals surface area contributed by atoms with Gasteiger partial charge in [0.25, 0.3) is 0 Å². The number of amides is 1. The maximum absolute atomic E-state index is 11.8. The first kappa shape index (κ1) is 16.9. The van der Waals surface area contributed by atoms with Crippen molar-refractivity contribution >= 4 is 33.2 Å². The van der Waals surface area contributed by atoms with Crippen LogP contribution in [0.2, 0.25) is 5.02 Å². The third-order valence-electron chi connectivity index (χ3n) is 2.32. The minimum absolute atomic E-state index is 0.0828. The number of hydrogen-bond acceptors (Lipinski definition) is 4. The average molecular weight is 320 g/mol. The Morgan fingerprint density at radius 2 is 1.95 bits per heavy atom. The van der Waals surface area contributed by atoms with E-state index in [2.05, 4.69) is 10.6 Å². The molecule has 0 radical (unpaired) electrons. The fourth-order valence-electron chi connectivity index (χ4n) is 1.32. The molecule has 0 aliphatic carbocycles. The van der Waals surface area contributed by atoms with Gasteiger partial charge in [-0.1, -0.05) is 11.6 Å². The molecule has 4 N–H and O–H groups in total. The van der Waals surface area contributed by atoms with Crippen LogP contribution in [0, 0.1) is 0 Å². The summed E-state index contributed by atoms with van der Waals surface area (Å²) in [6.45, 7) is 5.86. The first-order valence-corrected chi connectivity index (χ1v) is 7.79. The number of carbonyl (C=O) groups is 1. The van der Waals surface area contributed by atoms with E-state index in [1.54, 1.807) is 0 Å². The first-order valence-electron chi connectivity index (χ1n) is 5.86.